The second-order valence-corrected chi connectivity index (χ2v) is 5.81. The molecule has 1 fully saturated rings. The van der Waals surface area contributed by atoms with Crippen LogP contribution in [-0.4, -0.2) is 17.0 Å². The summed E-state index contributed by atoms with van der Waals surface area (Å²) >= 11 is 5.92. The Hall–Kier alpha value is -2.33. The molecule has 112 valence electrons. The van der Waals surface area contributed by atoms with Crippen LogP contribution in [0.25, 0.3) is 0 Å². The molecule has 0 unspecified atom stereocenters. The largest absolute Gasteiger partial charge is 0.478 e. The smallest absolute Gasteiger partial charge is 0.337 e. The number of carboxylic acids is 1. The van der Waals surface area contributed by atoms with Gasteiger partial charge in [-0.3, -0.25) is 4.79 Å². The van der Waals surface area contributed by atoms with Crippen LogP contribution in [0.4, 0.5) is 5.69 Å². The van der Waals surface area contributed by atoms with E-state index in [1.165, 1.54) is 12.1 Å². The van der Waals surface area contributed by atoms with Crippen molar-refractivity contribution in [2.75, 3.05) is 5.32 Å². The van der Waals surface area contributed by atoms with Crippen molar-refractivity contribution < 1.29 is 14.7 Å². The molecule has 0 radical (unpaired) electrons. The van der Waals surface area contributed by atoms with Crippen LogP contribution in [0.15, 0.2) is 48.5 Å². The van der Waals surface area contributed by atoms with Crippen LogP contribution in [0.3, 0.4) is 0 Å². The fourth-order valence-corrected chi connectivity index (χ4v) is 2.81. The van der Waals surface area contributed by atoms with E-state index < -0.39 is 11.4 Å². The van der Waals surface area contributed by atoms with E-state index in [9.17, 15) is 9.59 Å². The number of hydrogen-bond donors (Lipinski definition) is 2. The molecule has 2 aromatic rings. The molecule has 0 saturated heterocycles. The first-order valence-corrected chi connectivity index (χ1v) is 7.30. The van der Waals surface area contributed by atoms with Gasteiger partial charge >= 0.3 is 5.97 Å². The zero-order valence-corrected chi connectivity index (χ0v) is 12.4. The third-order valence-corrected chi connectivity index (χ3v) is 4.28. The molecule has 2 aromatic carbocycles. The van der Waals surface area contributed by atoms with Gasteiger partial charge in [0.2, 0.25) is 5.91 Å². The van der Waals surface area contributed by atoms with Crippen LogP contribution < -0.4 is 5.32 Å². The van der Waals surface area contributed by atoms with Gasteiger partial charge < -0.3 is 10.4 Å². The van der Waals surface area contributed by atoms with E-state index in [0.29, 0.717) is 5.69 Å². The Morgan fingerprint density at radius 3 is 2.32 bits per heavy atom. The molecule has 1 aliphatic carbocycles. The maximum absolute atomic E-state index is 12.6. The topological polar surface area (TPSA) is 66.4 Å². The summed E-state index contributed by atoms with van der Waals surface area (Å²) in [5, 5.41) is 11.9. The number of rotatable bonds is 4. The van der Waals surface area contributed by atoms with Crippen LogP contribution >= 0.6 is 11.6 Å². The summed E-state index contributed by atoms with van der Waals surface area (Å²) in [7, 11) is 0. The summed E-state index contributed by atoms with van der Waals surface area (Å²) in [6.45, 7) is 0. The molecular formula is C17H14ClNO3. The van der Waals surface area contributed by atoms with E-state index in [4.69, 9.17) is 16.7 Å². The number of benzene rings is 2. The summed E-state index contributed by atoms with van der Waals surface area (Å²) in [6.07, 6.45) is 1.62. The standard InChI is InChI=1S/C17H14ClNO3/c18-14-10-12(6-7-13(14)15(20)21)19-16(22)17(8-9-17)11-4-2-1-3-5-11/h1-7,10H,8-9H2,(H,19,22)(H,20,21). The van der Waals surface area contributed by atoms with Crippen molar-refractivity contribution in [2.45, 2.75) is 18.3 Å². The number of nitrogens with one attached hydrogen (secondary N) is 1. The van der Waals surface area contributed by atoms with Crippen LogP contribution in [0.1, 0.15) is 28.8 Å². The van der Waals surface area contributed by atoms with E-state index in [-0.39, 0.29) is 16.5 Å². The van der Waals surface area contributed by atoms with Gasteiger partial charge in [0.25, 0.3) is 0 Å². The Balaban J connectivity index is 1.81. The molecule has 22 heavy (non-hydrogen) atoms. The number of hydrogen-bond acceptors (Lipinski definition) is 2. The molecule has 4 nitrogen and oxygen atoms in total. The van der Waals surface area contributed by atoms with Gasteiger partial charge in [-0.05, 0) is 36.6 Å². The third-order valence-electron chi connectivity index (χ3n) is 3.97. The zero-order valence-electron chi connectivity index (χ0n) is 11.7. The van der Waals surface area contributed by atoms with Crippen molar-refractivity contribution in [3.8, 4) is 0 Å². The van der Waals surface area contributed by atoms with Crippen molar-refractivity contribution in [3.63, 3.8) is 0 Å². The second kappa shape index (κ2) is 5.46. The molecule has 1 amide bonds. The summed E-state index contributed by atoms with van der Waals surface area (Å²) in [5.74, 6) is -1.18. The zero-order chi connectivity index (χ0) is 15.7. The van der Waals surface area contributed by atoms with Crippen LogP contribution in [-0.2, 0) is 10.2 Å². The minimum atomic E-state index is -1.09. The normalized spacial score (nSPS) is 15.1. The number of carbonyl (C=O) groups is 2. The van der Waals surface area contributed by atoms with Crippen molar-refractivity contribution in [1.82, 2.24) is 0 Å². The van der Waals surface area contributed by atoms with Crippen LogP contribution in [0.5, 0.6) is 0 Å². The Kier molecular flexibility index (Phi) is 3.62. The second-order valence-electron chi connectivity index (χ2n) is 5.40. The molecule has 2 N–H and O–H groups in total. The average Bonchev–Trinajstić information content (AvgIpc) is 3.29. The average molecular weight is 316 g/mol. The monoisotopic (exact) mass is 315 g/mol. The quantitative estimate of drug-likeness (QED) is 0.904. The van der Waals surface area contributed by atoms with Crippen molar-refractivity contribution >= 4 is 29.2 Å². The number of aromatic carboxylic acids is 1. The van der Waals surface area contributed by atoms with Crippen molar-refractivity contribution in [2.24, 2.45) is 0 Å². The molecule has 3 rings (SSSR count). The molecule has 0 aliphatic heterocycles. The highest BCUT2D eigenvalue weighted by atomic mass is 35.5. The molecule has 1 saturated carbocycles. The SMILES string of the molecule is O=C(O)c1ccc(NC(=O)C2(c3ccccc3)CC2)cc1Cl. The minimum absolute atomic E-state index is 0.0175. The Morgan fingerprint density at radius 1 is 1.09 bits per heavy atom. The predicted molar refractivity (Wildman–Crippen MR) is 84.4 cm³/mol. The van der Waals surface area contributed by atoms with E-state index >= 15 is 0 Å². The highest BCUT2D eigenvalue weighted by Crippen LogP contribution is 2.48. The van der Waals surface area contributed by atoms with Crippen molar-refractivity contribution in [3.05, 3.63) is 64.7 Å². The summed E-state index contributed by atoms with van der Waals surface area (Å²) < 4.78 is 0. The lowest BCUT2D eigenvalue weighted by Crippen LogP contribution is -2.27. The van der Waals surface area contributed by atoms with Gasteiger partial charge in [0, 0.05) is 5.69 Å². The maximum Gasteiger partial charge on any atom is 0.337 e. The van der Waals surface area contributed by atoms with Crippen LogP contribution in [0.2, 0.25) is 5.02 Å². The van der Waals surface area contributed by atoms with E-state index in [1.807, 2.05) is 30.3 Å². The molecule has 1 aliphatic rings. The number of amides is 1. The van der Waals surface area contributed by atoms with Gasteiger partial charge in [0.05, 0.1) is 16.0 Å². The van der Waals surface area contributed by atoms with Gasteiger partial charge in [-0.15, -0.1) is 0 Å². The van der Waals surface area contributed by atoms with Gasteiger partial charge in [-0.25, -0.2) is 4.79 Å². The maximum atomic E-state index is 12.6. The van der Waals surface area contributed by atoms with Gasteiger partial charge in [-0.2, -0.15) is 0 Å². The van der Waals surface area contributed by atoms with E-state index in [0.717, 1.165) is 18.4 Å². The molecule has 0 atom stereocenters. The summed E-state index contributed by atoms with van der Waals surface area (Å²) in [6, 6.07) is 14.1. The number of carbonyl (C=O) groups excluding carboxylic acids is 1. The fourth-order valence-electron chi connectivity index (χ4n) is 2.55. The lowest BCUT2D eigenvalue weighted by atomic mass is 9.95. The van der Waals surface area contributed by atoms with Gasteiger partial charge in [0.15, 0.2) is 0 Å². The van der Waals surface area contributed by atoms with Crippen LogP contribution in [0, 0.1) is 0 Å². The summed E-state index contributed by atoms with van der Waals surface area (Å²) in [5.41, 5.74) is 1.05. The molecule has 0 heterocycles. The first-order valence-electron chi connectivity index (χ1n) is 6.93. The predicted octanol–water partition coefficient (Wildman–Crippen LogP) is 3.71. The number of anilines is 1. The third kappa shape index (κ3) is 2.57. The number of carboxylic acid groups (broad SMARTS) is 1. The first kappa shape index (κ1) is 14.6. The Morgan fingerprint density at radius 2 is 1.77 bits per heavy atom. The van der Waals surface area contributed by atoms with Gasteiger partial charge in [0.1, 0.15) is 0 Å². The van der Waals surface area contributed by atoms with E-state index in [1.54, 1.807) is 6.07 Å². The Labute approximate surface area is 132 Å². The lowest BCUT2D eigenvalue weighted by Gasteiger charge is -2.16. The molecule has 0 spiro atoms. The van der Waals surface area contributed by atoms with E-state index in [2.05, 4.69) is 5.32 Å². The molecule has 0 aromatic heterocycles. The number of halogens is 1. The Bertz CT molecular complexity index is 739. The minimum Gasteiger partial charge on any atom is -0.478 e. The molecule has 0 bridgehead atoms. The van der Waals surface area contributed by atoms with Gasteiger partial charge in [-0.1, -0.05) is 41.9 Å². The first-order chi connectivity index (χ1) is 10.5. The molecular weight excluding hydrogens is 302 g/mol. The summed E-state index contributed by atoms with van der Waals surface area (Å²) in [4.78, 5) is 23.5. The fraction of sp³-hybridized carbons (Fsp3) is 0.176. The molecule has 5 heteroatoms. The van der Waals surface area contributed by atoms with Crippen molar-refractivity contribution in [1.29, 1.82) is 0 Å². The highest BCUT2D eigenvalue weighted by molar-refractivity contribution is 6.33. The highest BCUT2D eigenvalue weighted by Gasteiger charge is 2.51. The lowest BCUT2D eigenvalue weighted by molar-refractivity contribution is -0.118.